The Morgan fingerprint density at radius 3 is 2.18 bits per heavy atom. The van der Waals surface area contributed by atoms with Gasteiger partial charge in [-0.1, -0.05) is 73.7 Å². The summed E-state index contributed by atoms with van der Waals surface area (Å²) in [7, 11) is 4.04. The summed E-state index contributed by atoms with van der Waals surface area (Å²) in [6.45, 7) is 5.47. The quantitative estimate of drug-likeness (QED) is 0.442. The van der Waals surface area contributed by atoms with Gasteiger partial charge >= 0.3 is 0 Å². The predicted octanol–water partition coefficient (Wildman–Crippen LogP) is 5.33. The molecule has 0 amide bonds. The van der Waals surface area contributed by atoms with Gasteiger partial charge in [0.25, 0.3) is 0 Å². The Morgan fingerprint density at radius 2 is 1.55 bits per heavy atom. The van der Waals surface area contributed by atoms with E-state index in [0.717, 1.165) is 49.4 Å². The van der Waals surface area contributed by atoms with Crippen molar-refractivity contribution >= 4 is 11.5 Å². The maximum absolute atomic E-state index is 14.2. The first-order valence-corrected chi connectivity index (χ1v) is 11.8. The van der Waals surface area contributed by atoms with Crippen molar-refractivity contribution in [3.8, 4) is 11.1 Å². The molecule has 3 aromatic carbocycles. The van der Waals surface area contributed by atoms with E-state index < -0.39 is 5.54 Å². The van der Waals surface area contributed by atoms with Gasteiger partial charge in [0.05, 0.1) is 18.8 Å². The van der Waals surface area contributed by atoms with Crippen LogP contribution in [0.2, 0.25) is 0 Å². The number of hydrogen-bond donors (Lipinski definition) is 0. The number of carbonyl (C=O) groups is 1. The minimum Gasteiger partial charge on any atom is -0.378 e. The third-order valence-corrected chi connectivity index (χ3v) is 6.93. The van der Waals surface area contributed by atoms with E-state index in [9.17, 15) is 4.79 Å². The number of anilines is 1. The lowest BCUT2D eigenvalue weighted by molar-refractivity contribution is 0.0667. The number of Topliss-reactive ketones (excluding diaryl/α,β-unsaturated/α-hetero) is 1. The van der Waals surface area contributed by atoms with Crippen molar-refractivity contribution in [1.82, 2.24) is 4.90 Å². The summed E-state index contributed by atoms with van der Waals surface area (Å²) < 4.78 is 5.48. The summed E-state index contributed by atoms with van der Waals surface area (Å²) in [4.78, 5) is 18.6. The number of ether oxygens (including phenoxy) is 1. The Balaban J connectivity index is 1.68. The van der Waals surface area contributed by atoms with E-state index in [0.29, 0.717) is 6.42 Å². The van der Waals surface area contributed by atoms with Gasteiger partial charge in [0, 0.05) is 24.3 Å². The zero-order chi connectivity index (χ0) is 23.3. The number of benzene rings is 3. The van der Waals surface area contributed by atoms with Gasteiger partial charge < -0.3 is 9.64 Å². The van der Waals surface area contributed by atoms with Gasteiger partial charge in [-0.15, -0.1) is 0 Å². The fourth-order valence-electron chi connectivity index (χ4n) is 4.83. The van der Waals surface area contributed by atoms with Crippen LogP contribution in [0.3, 0.4) is 0 Å². The second kappa shape index (κ2) is 10.3. The van der Waals surface area contributed by atoms with Gasteiger partial charge in [-0.25, -0.2) is 0 Å². The normalized spacial score (nSPS) is 15.9. The predicted molar refractivity (Wildman–Crippen MR) is 136 cm³/mol. The van der Waals surface area contributed by atoms with Crippen molar-refractivity contribution in [2.75, 3.05) is 45.3 Å². The molecule has 3 aromatic rings. The van der Waals surface area contributed by atoms with Crippen LogP contribution in [-0.4, -0.2) is 56.6 Å². The fourth-order valence-corrected chi connectivity index (χ4v) is 4.83. The molecule has 1 fully saturated rings. The number of ketones is 1. The second-order valence-corrected chi connectivity index (χ2v) is 8.96. The molecule has 4 nitrogen and oxygen atoms in total. The molecule has 4 heteroatoms. The number of morpholine rings is 1. The third kappa shape index (κ3) is 4.87. The molecule has 1 unspecified atom stereocenters. The number of rotatable bonds is 8. The maximum Gasteiger partial charge on any atom is 0.183 e. The fraction of sp³-hybridized carbons (Fsp3) is 0.345. The Kier molecular flexibility index (Phi) is 7.26. The van der Waals surface area contributed by atoms with Crippen LogP contribution in [0.5, 0.6) is 0 Å². The third-order valence-electron chi connectivity index (χ3n) is 6.93. The van der Waals surface area contributed by atoms with Gasteiger partial charge in [0.15, 0.2) is 5.78 Å². The Hall–Kier alpha value is -2.95. The highest BCUT2D eigenvalue weighted by molar-refractivity contribution is 6.08. The summed E-state index contributed by atoms with van der Waals surface area (Å²) in [6, 6.07) is 26.9. The molecule has 0 radical (unpaired) electrons. The summed E-state index contributed by atoms with van der Waals surface area (Å²) >= 11 is 0. The summed E-state index contributed by atoms with van der Waals surface area (Å²) in [6.07, 6.45) is 1.42. The first-order chi connectivity index (χ1) is 16.0. The average Bonchev–Trinajstić information content (AvgIpc) is 2.88. The first kappa shape index (κ1) is 23.2. The average molecular weight is 443 g/mol. The molecule has 0 aromatic heterocycles. The SMILES string of the molecule is CCC(Cc1ccccc1)(C(=O)c1ccccc1-c1ccc(N2CCOCC2)cc1)N(C)C. The molecule has 0 spiro atoms. The molecule has 1 heterocycles. The van der Waals surface area contributed by atoms with Gasteiger partial charge in [0.1, 0.15) is 0 Å². The van der Waals surface area contributed by atoms with E-state index in [1.807, 2.05) is 50.5 Å². The highest BCUT2D eigenvalue weighted by Crippen LogP contribution is 2.33. The zero-order valence-electron chi connectivity index (χ0n) is 20.0. The molecule has 172 valence electrons. The zero-order valence-corrected chi connectivity index (χ0v) is 20.0. The molecule has 0 bridgehead atoms. The van der Waals surface area contributed by atoms with Crippen molar-refractivity contribution in [2.45, 2.75) is 25.3 Å². The minimum atomic E-state index is -0.606. The molecule has 0 N–H and O–H groups in total. The van der Waals surface area contributed by atoms with Crippen LogP contribution in [0.4, 0.5) is 5.69 Å². The molecular formula is C29H34N2O2. The lowest BCUT2D eigenvalue weighted by atomic mass is 9.78. The van der Waals surface area contributed by atoms with Crippen LogP contribution < -0.4 is 4.90 Å². The Morgan fingerprint density at radius 1 is 0.909 bits per heavy atom. The Labute approximate surface area is 197 Å². The topological polar surface area (TPSA) is 32.8 Å². The maximum atomic E-state index is 14.2. The highest BCUT2D eigenvalue weighted by atomic mass is 16.5. The lowest BCUT2D eigenvalue weighted by Gasteiger charge is -2.38. The van der Waals surface area contributed by atoms with Crippen molar-refractivity contribution in [2.24, 2.45) is 0 Å². The summed E-state index contributed by atoms with van der Waals surface area (Å²) in [5.41, 5.74) is 4.61. The lowest BCUT2D eigenvalue weighted by Crippen LogP contribution is -2.52. The minimum absolute atomic E-state index is 0.173. The Bertz CT molecular complexity index is 1060. The van der Waals surface area contributed by atoms with Crippen LogP contribution in [0.15, 0.2) is 78.9 Å². The second-order valence-electron chi connectivity index (χ2n) is 8.96. The smallest absolute Gasteiger partial charge is 0.183 e. The van der Waals surface area contributed by atoms with E-state index in [2.05, 4.69) is 59.2 Å². The molecular weight excluding hydrogens is 408 g/mol. The van der Waals surface area contributed by atoms with E-state index in [4.69, 9.17) is 4.74 Å². The van der Waals surface area contributed by atoms with E-state index >= 15 is 0 Å². The van der Waals surface area contributed by atoms with Crippen molar-refractivity contribution in [3.05, 3.63) is 90.0 Å². The van der Waals surface area contributed by atoms with E-state index in [1.54, 1.807) is 0 Å². The number of likely N-dealkylation sites (N-methyl/N-ethyl adjacent to an activating group) is 1. The molecule has 1 aliphatic rings. The number of nitrogens with zero attached hydrogens (tertiary/aromatic N) is 2. The number of hydrogen-bond acceptors (Lipinski definition) is 4. The molecule has 1 aliphatic heterocycles. The molecule has 4 rings (SSSR count). The molecule has 1 saturated heterocycles. The van der Waals surface area contributed by atoms with Crippen LogP contribution in [0.25, 0.3) is 11.1 Å². The molecule has 33 heavy (non-hydrogen) atoms. The van der Waals surface area contributed by atoms with Crippen molar-refractivity contribution in [3.63, 3.8) is 0 Å². The summed E-state index contributed by atoms with van der Waals surface area (Å²) in [5, 5.41) is 0. The van der Waals surface area contributed by atoms with Crippen molar-refractivity contribution < 1.29 is 9.53 Å². The molecule has 0 saturated carbocycles. The highest BCUT2D eigenvalue weighted by Gasteiger charge is 2.40. The van der Waals surface area contributed by atoms with E-state index in [1.165, 1.54) is 11.3 Å². The van der Waals surface area contributed by atoms with Crippen LogP contribution in [-0.2, 0) is 11.2 Å². The van der Waals surface area contributed by atoms with Crippen LogP contribution >= 0.6 is 0 Å². The molecule has 1 atom stereocenters. The summed E-state index contributed by atoms with van der Waals surface area (Å²) in [5.74, 6) is 0.173. The van der Waals surface area contributed by atoms with Crippen molar-refractivity contribution in [1.29, 1.82) is 0 Å². The molecule has 0 aliphatic carbocycles. The first-order valence-electron chi connectivity index (χ1n) is 11.8. The van der Waals surface area contributed by atoms with Crippen LogP contribution in [0.1, 0.15) is 29.3 Å². The van der Waals surface area contributed by atoms with Gasteiger partial charge in [-0.3, -0.25) is 9.69 Å². The van der Waals surface area contributed by atoms with Gasteiger partial charge in [0.2, 0.25) is 0 Å². The monoisotopic (exact) mass is 442 g/mol. The largest absolute Gasteiger partial charge is 0.378 e. The van der Waals surface area contributed by atoms with Gasteiger partial charge in [-0.2, -0.15) is 0 Å². The number of carbonyl (C=O) groups excluding carboxylic acids is 1. The van der Waals surface area contributed by atoms with Gasteiger partial charge in [-0.05, 0) is 55.8 Å². The standard InChI is InChI=1S/C29H34N2O2/c1-4-29(30(2)3,22-23-10-6-5-7-11-23)28(32)27-13-9-8-12-26(27)24-14-16-25(17-15-24)31-18-20-33-21-19-31/h5-17H,4,18-22H2,1-3H3. The van der Waals surface area contributed by atoms with E-state index in [-0.39, 0.29) is 5.78 Å². The van der Waals surface area contributed by atoms with Crippen LogP contribution in [0, 0.1) is 0 Å².